The SMILES string of the molecule is CC\C=C/C=C\C=C/C=C\C=C/CCCC(=O)OC(COC(=O)CCCCCCCCC/C=C\C/C=C\CC)COC(=O)CCCCCCCCCCCCCC. The van der Waals surface area contributed by atoms with Gasteiger partial charge >= 0.3 is 17.9 Å². The lowest BCUT2D eigenvalue weighted by Gasteiger charge is -2.18. The van der Waals surface area contributed by atoms with E-state index in [1.165, 1.54) is 83.5 Å². The fraction of sp³-hybridized carbons (Fsp3) is 0.667. The fourth-order valence-corrected chi connectivity index (χ4v) is 6.10. The molecule has 0 rings (SSSR count). The first kappa shape index (κ1) is 53.6. The van der Waals surface area contributed by atoms with Gasteiger partial charge in [0.1, 0.15) is 13.2 Å². The summed E-state index contributed by atoms with van der Waals surface area (Å²) in [4.78, 5) is 37.7. The van der Waals surface area contributed by atoms with Crippen molar-refractivity contribution in [2.75, 3.05) is 13.2 Å². The summed E-state index contributed by atoms with van der Waals surface area (Å²) in [6, 6.07) is 0. The van der Waals surface area contributed by atoms with Gasteiger partial charge in [-0.1, -0.05) is 209 Å². The zero-order valence-corrected chi connectivity index (χ0v) is 36.8. The largest absolute Gasteiger partial charge is 0.462 e. The normalized spacial score (nSPS) is 12.8. The Balaban J connectivity index is 4.50. The summed E-state index contributed by atoms with van der Waals surface area (Å²) in [7, 11) is 0. The second-order valence-electron chi connectivity index (χ2n) is 15.0. The molecule has 6 heteroatoms. The van der Waals surface area contributed by atoms with E-state index in [0.29, 0.717) is 19.3 Å². The molecule has 324 valence electrons. The van der Waals surface area contributed by atoms with Gasteiger partial charge < -0.3 is 14.2 Å². The molecule has 0 radical (unpaired) electrons. The molecule has 0 aromatic carbocycles. The van der Waals surface area contributed by atoms with Crippen molar-refractivity contribution in [2.24, 2.45) is 0 Å². The molecule has 6 nitrogen and oxygen atoms in total. The van der Waals surface area contributed by atoms with Crippen LogP contribution in [0.2, 0.25) is 0 Å². The Morgan fingerprint density at radius 1 is 0.386 bits per heavy atom. The fourth-order valence-electron chi connectivity index (χ4n) is 6.10. The number of rotatable bonds is 40. The lowest BCUT2D eigenvalue weighted by atomic mass is 10.0. The number of carbonyl (C=O) groups excluding carboxylic acids is 3. The van der Waals surface area contributed by atoms with Crippen molar-refractivity contribution in [1.82, 2.24) is 0 Å². The summed E-state index contributed by atoms with van der Waals surface area (Å²) in [5, 5.41) is 0. The van der Waals surface area contributed by atoms with Crippen molar-refractivity contribution < 1.29 is 28.6 Å². The van der Waals surface area contributed by atoms with Crippen molar-refractivity contribution >= 4 is 17.9 Å². The number of ether oxygens (including phenoxy) is 3. The summed E-state index contributed by atoms with van der Waals surface area (Å²) in [5.74, 6) is -0.996. The Kier molecular flexibility index (Phi) is 42.6. The topological polar surface area (TPSA) is 78.9 Å². The third-order valence-electron chi connectivity index (χ3n) is 9.52. The van der Waals surface area contributed by atoms with Crippen LogP contribution in [0.25, 0.3) is 0 Å². The molecule has 0 aliphatic rings. The number of allylic oxidation sites excluding steroid dienone is 14. The number of hydrogen-bond acceptors (Lipinski definition) is 6. The van der Waals surface area contributed by atoms with Crippen LogP contribution in [0.15, 0.2) is 85.1 Å². The summed E-state index contributed by atoms with van der Waals surface area (Å²) in [5.41, 5.74) is 0. The summed E-state index contributed by atoms with van der Waals surface area (Å²) >= 11 is 0. The predicted molar refractivity (Wildman–Crippen MR) is 242 cm³/mol. The smallest absolute Gasteiger partial charge is 0.306 e. The highest BCUT2D eigenvalue weighted by Gasteiger charge is 2.19. The van der Waals surface area contributed by atoms with Crippen LogP contribution in [0.5, 0.6) is 0 Å². The quantitative estimate of drug-likeness (QED) is 0.0202. The molecule has 0 amide bonds. The van der Waals surface area contributed by atoms with Crippen LogP contribution in [0.4, 0.5) is 0 Å². The van der Waals surface area contributed by atoms with E-state index in [1.807, 2.05) is 54.7 Å². The van der Waals surface area contributed by atoms with Crippen molar-refractivity contribution in [2.45, 2.75) is 207 Å². The lowest BCUT2D eigenvalue weighted by molar-refractivity contribution is -0.167. The monoisotopic (exact) mass is 793 g/mol. The minimum Gasteiger partial charge on any atom is -0.462 e. The first-order chi connectivity index (χ1) is 28.0. The Bertz CT molecular complexity index is 1140. The van der Waals surface area contributed by atoms with E-state index < -0.39 is 6.10 Å². The van der Waals surface area contributed by atoms with Crippen molar-refractivity contribution in [1.29, 1.82) is 0 Å². The molecule has 0 aliphatic carbocycles. The average Bonchev–Trinajstić information content (AvgIpc) is 3.21. The van der Waals surface area contributed by atoms with Crippen molar-refractivity contribution in [3.05, 3.63) is 85.1 Å². The first-order valence-electron chi connectivity index (χ1n) is 23.2. The van der Waals surface area contributed by atoms with Gasteiger partial charge in [0, 0.05) is 19.3 Å². The minimum absolute atomic E-state index is 0.107. The molecule has 0 aromatic heterocycles. The highest BCUT2D eigenvalue weighted by atomic mass is 16.6. The van der Waals surface area contributed by atoms with Crippen LogP contribution in [-0.2, 0) is 28.6 Å². The predicted octanol–water partition coefficient (Wildman–Crippen LogP) is 14.9. The van der Waals surface area contributed by atoms with E-state index in [0.717, 1.165) is 70.6 Å². The maximum absolute atomic E-state index is 12.7. The van der Waals surface area contributed by atoms with Gasteiger partial charge in [0.15, 0.2) is 6.10 Å². The van der Waals surface area contributed by atoms with E-state index in [2.05, 4.69) is 51.2 Å². The molecule has 57 heavy (non-hydrogen) atoms. The molecule has 0 spiro atoms. The molecule has 0 saturated heterocycles. The molecule has 0 saturated carbocycles. The van der Waals surface area contributed by atoms with Crippen LogP contribution in [0, 0.1) is 0 Å². The molecule has 1 atom stereocenters. The van der Waals surface area contributed by atoms with E-state index >= 15 is 0 Å². The van der Waals surface area contributed by atoms with Gasteiger partial charge in [-0.25, -0.2) is 0 Å². The van der Waals surface area contributed by atoms with Gasteiger partial charge in [0.05, 0.1) is 0 Å². The van der Waals surface area contributed by atoms with Crippen LogP contribution in [0.1, 0.15) is 201 Å². The summed E-state index contributed by atoms with van der Waals surface area (Å²) in [6.07, 6.45) is 57.1. The molecule has 0 aliphatic heterocycles. The maximum atomic E-state index is 12.7. The number of unbranched alkanes of at least 4 members (excludes halogenated alkanes) is 19. The second-order valence-corrected chi connectivity index (χ2v) is 15.0. The summed E-state index contributed by atoms with van der Waals surface area (Å²) < 4.78 is 16.6. The van der Waals surface area contributed by atoms with E-state index in [9.17, 15) is 14.4 Å². The van der Waals surface area contributed by atoms with Gasteiger partial charge in [0.2, 0.25) is 0 Å². The third-order valence-corrected chi connectivity index (χ3v) is 9.52. The van der Waals surface area contributed by atoms with Gasteiger partial charge in [-0.05, 0) is 57.8 Å². The Morgan fingerprint density at radius 2 is 0.789 bits per heavy atom. The first-order valence-corrected chi connectivity index (χ1v) is 23.2. The van der Waals surface area contributed by atoms with Gasteiger partial charge in [-0.15, -0.1) is 0 Å². The van der Waals surface area contributed by atoms with E-state index in [-0.39, 0.29) is 37.5 Å². The Labute approximate surface area is 350 Å². The zero-order valence-electron chi connectivity index (χ0n) is 36.8. The van der Waals surface area contributed by atoms with Crippen molar-refractivity contribution in [3.8, 4) is 0 Å². The highest BCUT2D eigenvalue weighted by Crippen LogP contribution is 2.14. The zero-order chi connectivity index (χ0) is 41.5. The van der Waals surface area contributed by atoms with Crippen LogP contribution in [-0.4, -0.2) is 37.2 Å². The van der Waals surface area contributed by atoms with E-state index in [1.54, 1.807) is 0 Å². The molecule has 0 heterocycles. The lowest BCUT2D eigenvalue weighted by Crippen LogP contribution is -2.30. The van der Waals surface area contributed by atoms with Gasteiger partial charge in [-0.3, -0.25) is 14.4 Å². The second kappa shape index (κ2) is 45.3. The molecular weight excluding hydrogens is 709 g/mol. The molecule has 0 aromatic rings. The molecular formula is C51H84O6. The minimum atomic E-state index is -0.813. The number of esters is 3. The van der Waals surface area contributed by atoms with Crippen LogP contribution in [0.3, 0.4) is 0 Å². The Morgan fingerprint density at radius 3 is 1.30 bits per heavy atom. The average molecular weight is 793 g/mol. The molecule has 0 N–H and O–H groups in total. The number of carbonyl (C=O) groups is 3. The summed E-state index contributed by atoms with van der Waals surface area (Å²) in [6.45, 7) is 6.30. The Hall–Kier alpha value is -3.41. The third kappa shape index (κ3) is 43.6. The van der Waals surface area contributed by atoms with E-state index in [4.69, 9.17) is 14.2 Å². The highest BCUT2D eigenvalue weighted by molar-refractivity contribution is 5.71. The van der Waals surface area contributed by atoms with Crippen LogP contribution < -0.4 is 0 Å². The standard InChI is InChI=1S/C51H84O6/c1-4-7-10-13-16-19-22-25-27-29-32-35-38-41-44-50(53)56-47-48(46-55-49(52)43-40-37-34-31-28-24-21-18-15-12-9-6-3)57-51(54)45-42-39-36-33-30-26-23-20-17-14-11-8-5-2/h7-8,10-11,14,16-17,19-20,23,26,30,33,36,48H,4-6,9,12-13,15,18,21-22,24-25,27-29,31-32,34-35,37-47H2,1-3H3/b10-7-,11-8-,17-14-,19-16-,23-20-,30-26-,36-33-. The maximum Gasteiger partial charge on any atom is 0.306 e. The molecule has 0 fully saturated rings. The molecule has 1 unspecified atom stereocenters. The van der Waals surface area contributed by atoms with Gasteiger partial charge in [0.25, 0.3) is 0 Å². The van der Waals surface area contributed by atoms with Crippen molar-refractivity contribution in [3.63, 3.8) is 0 Å². The van der Waals surface area contributed by atoms with Crippen LogP contribution >= 0.6 is 0 Å². The number of hydrogen-bond donors (Lipinski definition) is 0. The van der Waals surface area contributed by atoms with Gasteiger partial charge in [-0.2, -0.15) is 0 Å². The molecule has 0 bridgehead atoms.